The molecule has 3 rings (SSSR count). The van der Waals surface area contributed by atoms with E-state index >= 15 is 0 Å². The Bertz CT molecular complexity index is 578. The lowest BCUT2D eigenvalue weighted by molar-refractivity contribution is 0.0731. The molecule has 0 unspecified atom stereocenters. The Hall–Kier alpha value is -1.92. The van der Waals surface area contributed by atoms with E-state index in [9.17, 15) is 4.79 Å². The first-order chi connectivity index (χ1) is 9.78. The Morgan fingerprint density at radius 2 is 2.30 bits per heavy atom. The molecule has 0 atom stereocenters. The molecular weight excluding hydrogens is 272 g/mol. The normalized spacial score (nSPS) is 14.1. The third-order valence-electron chi connectivity index (χ3n) is 3.31. The van der Waals surface area contributed by atoms with Crippen LogP contribution in [0.3, 0.4) is 0 Å². The van der Waals surface area contributed by atoms with Gasteiger partial charge in [-0.25, -0.2) is 10.8 Å². The lowest BCUT2D eigenvalue weighted by atomic mass is 10.2. The van der Waals surface area contributed by atoms with Gasteiger partial charge in [0.25, 0.3) is 5.91 Å². The van der Waals surface area contributed by atoms with Gasteiger partial charge in [0.1, 0.15) is 5.82 Å². The lowest BCUT2D eigenvalue weighted by Crippen LogP contribution is -2.32. The highest BCUT2D eigenvalue weighted by Gasteiger charge is 2.33. The number of carbonyl (C=O) groups is 1. The minimum absolute atomic E-state index is 0.0389. The predicted molar refractivity (Wildman–Crippen MR) is 79.3 cm³/mol. The van der Waals surface area contributed by atoms with Gasteiger partial charge in [-0.05, 0) is 36.4 Å². The summed E-state index contributed by atoms with van der Waals surface area (Å²) >= 11 is 1.68. The summed E-state index contributed by atoms with van der Waals surface area (Å²) in [5.74, 6) is 5.87. The van der Waals surface area contributed by atoms with Crippen molar-refractivity contribution in [1.82, 2.24) is 9.88 Å². The third kappa shape index (κ3) is 2.81. The summed E-state index contributed by atoms with van der Waals surface area (Å²) in [6.07, 6.45) is 3.75. The second-order valence-electron chi connectivity index (χ2n) is 4.82. The number of aromatic nitrogens is 1. The summed E-state index contributed by atoms with van der Waals surface area (Å²) in [5.41, 5.74) is 3.06. The van der Waals surface area contributed by atoms with E-state index in [1.54, 1.807) is 29.7 Å². The molecule has 0 bridgehead atoms. The van der Waals surface area contributed by atoms with Crippen molar-refractivity contribution in [3.8, 4) is 0 Å². The van der Waals surface area contributed by atoms with Crippen LogP contribution < -0.4 is 11.3 Å². The topological polar surface area (TPSA) is 71.2 Å². The number of hydrogen-bond acceptors (Lipinski definition) is 5. The molecule has 104 valence electrons. The van der Waals surface area contributed by atoms with Crippen LogP contribution in [-0.4, -0.2) is 21.8 Å². The summed E-state index contributed by atoms with van der Waals surface area (Å²) in [4.78, 5) is 19.8. The van der Waals surface area contributed by atoms with Gasteiger partial charge in [0.2, 0.25) is 0 Å². The van der Waals surface area contributed by atoms with Crippen molar-refractivity contribution in [2.24, 2.45) is 5.84 Å². The van der Waals surface area contributed by atoms with E-state index < -0.39 is 0 Å². The highest BCUT2D eigenvalue weighted by molar-refractivity contribution is 7.09. The molecule has 3 N–H and O–H groups in total. The van der Waals surface area contributed by atoms with Crippen LogP contribution in [0.25, 0.3) is 0 Å². The molecule has 1 amide bonds. The first-order valence-corrected chi connectivity index (χ1v) is 7.42. The highest BCUT2D eigenvalue weighted by Crippen LogP contribution is 2.30. The average Bonchev–Trinajstić information content (AvgIpc) is 3.21. The molecule has 1 saturated carbocycles. The van der Waals surface area contributed by atoms with Crippen molar-refractivity contribution in [3.05, 3.63) is 46.3 Å². The summed E-state index contributed by atoms with van der Waals surface area (Å²) < 4.78 is 0. The van der Waals surface area contributed by atoms with E-state index in [0.29, 0.717) is 24.0 Å². The number of hydrogen-bond donors (Lipinski definition) is 2. The first-order valence-electron chi connectivity index (χ1n) is 6.54. The average molecular weight is 288 g/mol. The van der Waals surface area contributed by atoms with Gasteiger partial charge in [-0.15, -0.1) is 11.3 Å². The number of nitrogens with zero attached hydrogens (tertiary/aromatic N) is 2. The Kier molecular flexibility index (Phi) is 3.66. The van der Waals surface area contributed by atoms with Gasteiger partial charge in [-0.2, -0.15) is 0 Å². The number of carbonyl (C=O) groups excluding carboxylic acids is 1. The van der Waals surface area contributed by atoms with Crippen molar-refractivity contribution in [1.29, 1.82) is 0 Å². The fourth-order valence-electron chi connectivity index (χ4n) is 2.09. The number of hydrazine groups is 1. The number of amides is 1. The Balaban J connectivity index is 1.77. The SMILES string of the molecule is NNc1ccc(C(=O)N(Cc2cccs2)C2CC2)cn1. The summed E-state index contributed by atoms with van der Waals surface area (Å²) in [6, 6.07) is 7.92. The monoisotopic (exact) mass is 288 g/mol. The smallest absolute Gasteiger partial charge is 0.255 e. The van der Waals surface area contributed by atoms with Crippen LogP contribution in [0, 0.1) is 0 Å². The molecule has 2 heterocycles. The van der Waals surface area contributed by atoms with Crippen LogP contribution in [-0.2, 0) is 6.54 Å². The summed E-state index contributed by atoms with van der Waals surface area (Å²) in [5, 5.41) is 2.04. The molecule has 0 aliphatic heterocycles. The number of nitrogens with two attached hydrogens (primary N) is 1. The fourth-order valence-corrected chi connectivity index (χ4v) is 2.80. The van der Waals surface area contributed by atoms with Crippen LogP contribution >= 0.6 is 11.3 Å². The maximum atomic E-state index is 12.6. The summed E-state index contributed by atoms with van der Waals surface area (Å²) in [6.45, 7) is 0.679. The summed E-state index contributed by atoms with van der Waals surface area (Å²) in [7, 11) is 0. The van der Waals surface area contributed by atoms with E-state index in [2.05, 4.69) is 16.5 Å². The number of nitrogens with one attached hydrogen (secondary N) is 1. The molecule has 1 aliphatic rings. The van der Waals surface area contributed by atoms with Crippen molar-refractivity contribution < 1.29 is 4.79 Å². The molecule has 5 nitrogen and oxygen atoms in total. The van der Waals surface area contributed by atoms with E-state index in [0.717, 1.165) is 12.8 Å². The largest absolute Gasteiger partial charge is 0.330 e. The highest BCUT2D eigenvalue weighted by atomic mass is 32.1. The molecule has 0 spiro atoms. The van der Waals surface area contributed by atoms with Gasteiger partial charge < -0.3 is 10.3 Å². The molecule has 1 aliphatic carbocycles. The minimum Gasteiger partial charge on any atom is -0.330 e. The second kappa shape index (κ2) is 5.60. The standard InChI is InChI=1S/C14H16N4OS/c15-17-13-6-3-10(8-16-13)14(19)18(11-4-5-11)9-12-2-1-7-20-12/h1-3,6-8,11H,4-5,9,15H2,(H,16,17). The zero-order chi connectivity index (χ0) is 13.9. The van der Waals surface area contributed by atoms with Gasteiger partial charge in [0.15, 0.2) is 0 Å². The molecule has 20 heavy (non-hydrogen) atoms. The van der Waals surface area contributed by atoms with Crippen LogP contribution in [0.2, 0.25) is 0 Å². The molecular formula is C14H16N4OS. The number of anilines is 1. The molecule has 2 aromatic heterocycles. The van der Waals surface area contributed by atoms with Crippen LogP contribution in [0.4, 0.5) is 5.82 Å². The number of pyridine rings is 1. The maximum Gasteiger partial charge on any atom is 0.255 e. The van der Waals surface area contributed by atoms with Crippen molar-refractivity contribution in [2.75, 3.05) is 5.43 Å². The zero-order valence-electron chi connectivity index (χ0n) is 11.0. The molecule has 0 aromatic carbocycles. The third-order valence-corrected chi connectivity index (χ3v) is 4.17. The van der Waals surface area contributed by atoms with Crippen molar-refractivity contribution in [2.45, 2.75) is 25.4 Å². The van der Waals surface area contributed by atoms with Gasteiger partial charge >= 0.3 is 0 Å². The van der Waals surface area contributed by atoms with Crippen LogP contribution in [0.5, 0.6) is 0 Å². The second-order valence-corrected chi connectivity index (χ2v) is 5.85. The van der Waals surface area contributed by atoms with Crippen LogP contribution in [0.15, 0.2) is 35.8 Å². The molecule has 1 fully saturated rings. The fraction of sp³-hybridized carbons (Fsp3) is 0.286. The maximum absolute atomic E-state index is 12.6. The van der Waals surface area contributed by atoms with E-state index in [4.69, 9.17) is 5.84 Å². The number of rotatable bonds is 5. The van der Waals surface area contributed by atoms with Crippen molar-refractivity contribution >= 4 is 23.1 Å². The Labute approximate surface area is 121 Å². The number of thiophene rings is 1. The van der Waals surface area contributed by atoms with E-state index in [1.807, 2.05) is 16.3 Å². The minimum atomic E-state index is 0.0389. The quantitative estimate of drug-likeness (QED) is 0.654. The van der Waals surface area contributed by atoms with Gasteiger partial charge in [-0.1, -0.05) is 6.07 Å². The van der Waals surface area contributed by atoms with Crippen LogP contribution in [0.1, 0.15) is 28.1 Å². The molecule has 6 heteroatoms. The van der Waals surface area contributed by atoms with E-state index in [-0.39, 0.29) is 5.91 Å². The Morgan fingerprint density at radius 1 is 1.45 bits per heavy atom. The Morgan fingerprint density at radius 3 is 2.85 bits per heavy atom. The molecule has 0 saturated heterocycles. The number of nitrogen functional groups attached to an aromatic ring is 1. The zero-order valence-corrected chi connectivity index (χ0v) is 11.8. The predicted octanol–water partition coefficient (Wildman–Crippen LogP) is 2.23. The first kappa shape index (κ1) is 13.1. The van der Waals surface area contributed by atoms with Crippen molar-refractivity contribution in [3.63, 3.8) is 0 Å². The molecule has 2 aromatic rings. The lowest BCUT2D eigenvalue weighted by Gasteiger charge is -2.21. The van der Waals surface area contributed by atoms with Gasteiger partial charge in [0, 0.05) is 17.1 Å². The van der Waals surface area contributed by atoms with Gasteiger partial charge in [-0.3, -0.25) is 4.79 Å². The van der Waals surface area contributed by atoms with E-state index in [1.165, 1.54) is 4.88 Å². The van der Waals surface area contributed by atoms with Gasteiger partial charge in [0.05, 0.1) is 12.1 Å². The molecule has 0 radical (unpaired) electrons.